The maximum Gasteiger partial charge on any atom is 0.130 e. The number of nitrogens with two attached hydrogens (primary N) is 1. The van der Waals surface area contributed by atoms with Crippen molar-refractivity contribution in [3.8, 4) is 0 Å². The van der Waals surface area contributed by atoms with Crippen LogP contribution >= 0.6 is 0 Å². The van der Waals surface area contributed by atoms with Crippen LogP contribution in [0.2, 0.25) is 0 Å². The number of hydrogen-bond acceptors (Lipinski definition) is 3. The monoisotopic (exact) mass is 249 g/mol. The maximum atomic E-state index is 13.3. The summed E-state index contributed by atoms with van der Waals surface area (Å²) >= 11 is 0. The van der Waals surface area contributed by atoms with Gasteiger partial charge in [0, 0.05) is 5.56 Å². The van der Waals surface area contributed by atoms with Crippen molar-refractivity contribution in [2.75, 3.05) is 0 Å². The van der Waals surface area contributed by atoms with Gasteiger partial charge in [-0.25, -0.2) is 4.39 Å². The molecule has 0 fully saturated rings. The fraction of sp³-hybridized carbons (Fsp3) is 0.286. The highest BCUT2D eigenvalue weighted by atomic mass is 19.1. The second kappa shape index (κ2) is 5.80. The zero-order valence-electron chi connectivity index (χ0n) is 10.3. The molecule has 0 spiro atoms. The molecule has 2 rings (SSSR count). The molecule has 0 saturated heterocycles. The van der Waals surface area contributed by atoms with E-state index in [1.54, 1.807) is 18.2 Å². The van der Waals surface area contributed by atoms with Crippen molar-refractivity contribution in [2.45, 2.75) is 26.7 Å². The lowest BCUT2D eigenvalue weighted by atomic mass is 10.2. The lowest BCUT2D eigenvalue weighted by Gasteiger charge is -2.03. The molecular formula is C14H16FNO2. The Balaban J connectivity index is 1.90. The molecule has 0 bridgehead atoms. The number of hydrogen-bond donors (Lipinski definition) is 1. The summed E-state index contributed by atoms with van der Waals surface area (Å²) in [5.74, 6) is 1.22. The van der Waals surface area contributed by atoms with Gasteiger partial charge in [-0.2, -0.15) is 0 Å². The first-order valence-corrected chi connectivity index (χ1v) is 5.80. The van der Waals surface area contributed by atoms with E-state index in [2.05, 4.69) is 0 Å². The summed E-state index contributed by atoms with van der Waals surface area (Å²) in [7, 11) is 0. The van der Waals surface area contributed by atoms with E-state index < -0.39 is 0 Å². The SMILES string of the molecule is Cc1cc(COCc2ccccc2F)oc1CN. The maximum absolute atomic E-state index is 13.3. The van der Waals surface area contributed by atoms with Gasteiger partial charge in [-0.3, -0.25) is 0 Å². The minimum atomic E-state index is -0.254. The minimum Gasteiger partial charge on any atom is -0.462 e. The number of halogens is 1. The summed E-state index contributed by atoms with van der Waals surface area (Å²) in [6.07, 6.45) is 0. The lowest BCUT2D eigenvalue weighted by Crippen LogP contribution is -1.96. The molecule has 0 radical (unpaired) electrons. The van der Waals surface area contributed by atoms with Gasteiger partial charge in [-0.1, -0.05) is 18.2 Å². The highest BCUT2D eigenvalue weighted by Crippen LogP contribution is 2.16. The van der Waals surface area contributed by atoms with Gasteiger partial charge in [0.05, 0.1) is 13.2 Å². The van der Waals surface area contributed by atoms with Crippen LogP contribution in [-0.4, -0.2) is 0 Å². The van der Waals surface area contributed by atoms with Gasteiger partial charge in [0.25, 0.3) is 0 Å². The van der Waals surface area contributed by atoms with Crippen molar-refractivity contribution < 1.29 is 13.5 Å². The summed E-state index contributed by atoms with van der Waals surface area (Å²) in [4.78, 5) is 0. The summed E-state index contributed by atoms with van der Waals surface area (Å²) in [5.41, 5.74) is 7.08. The van der Waals surface area contributed by atoms with E-state index in [1.165, 1.54) is 6.07 Å². The molecule has 18 heavy (non-hydrogen) atoms. The van der Waals surface area contributed by atoms with Crippen LogP contribution in [-0.2, 0) is 24.5 Å². The van der Waals surface area contributed by atoms with Crippen LogP contribution in [0.3, 0.4) is 0 Å². The first-order chi connectivity index (χ1) is 8.70. The van der Waals surface area contributed by atoms with E-state index in [1.807, 2.05) is 13.0 Å². The number of benzene rings is 1. The Morgan fingerprint density at radius 3 is 2.72 bits per heavy atom. The molecule has 1 aromatic carbocycles. The highest BCUT2D eigenvalue weighted by Gasteiger charge is 2.07. The third-order valence-electron chi connectivity index (χ3n) is 2.72. The summed E-state index contributed by atoms with van der Waals surface area (Å²) in [5, 5.41) is 0. The first-order valence-electron chi connectivity index (χ1n) is 5.80. The van der Waals surface area contributed by atoms with E-state index in [9.17, 15) is 4.39 Å². The van der Waals surface area contributed by atoms with Gasteiger partial charge < -0.3 is 14.9 Å². The van der Waals surface area contributed by atoms with Crippen LogP contribution in [0.15, 0.2) is 34.7 Å². The van der Waals surface area contributed by atoms with Crippen LogP contribution in [0.25, 0.3) is 0 Å². The van der Waals surface area contributed by atoms with Gasteiger partial charge in [0.2, 0.25) is 0 Å². The molecule has 4 heteroatoms. The summed E-state index contributed by atoms with van der Waals surface area (Å²) in [6, 6.07) is 8.45. The smallest absolute Gasteiger partial charge is 0.130 e. The fourth-order valence-electron chi connectivity index (χ4n) is 1.74. The van der Waals surface area contributed by atoms with E-state index in [0.29, 0.717) is 24.5 Å². The summed E-state index contributed by atoms with van der Waals surface area (Å²) < 4.78 is 24.2. The first kappa shape index (κ1) is 12.8. The zero-order valence-corrected chi connectivity index (χ0v) is 10.3. The van der Waals surface area contributed by atoms with Crippen LogP contribution in [0.5, 0.6) is 0 Å². The zero-order chi connectivity index (χ0) is 13.0. The van der Waals surface area contributed by atoms with Crippen molar-refractivity contribution in [2.24, 2.45) is 5.73 Å². The molecule has 0 amide bonds. The third kappa shape index (κ3) is 2.97. The molecule has 2 N–H and O–H groups in total. The summed E-state index contributed by atoms with van der Waals surface area (Å²) in [6.45, 7) is 2.85. The van der Waals surface area contributed by atoms with Gasteiger partial charge in [-0.15, -0.1) is 0 Å². The Labute approximate surface area is 105 Å². The Kier molecular flexibility index (Phi) is 4.12. The Morgan fingerprint density at radius 1 is 1.28 bits per heavy atom. The van der Waals surface area contributed by atoms with Crippen molar-refractivity contribution >= 4 is 0 Å². The van der Waals surface area contributed by atoms with Crippen molar-refractivity contribution in [3.63, 3.8) is 0 Å². The molecule has 2 aromatic rings. The number of ether oxygens (including phenoxy) is 1. The van der Waals surface area contributed by atoms with E-state index in [0.717, 1.165) is 11.3 Å². The number of rotatable bonds is 5. The van der Waals surface area contributed by atoms with Gasteiger partial charge in [0.15, 0.2) is 0 Å². The normalized spacial score (nSPS) is 10.8. The Hall–Kier alpha value is -1.65. The molecule has 0 aliphatic rings. The molecule has 96 valence electrons. The van der Waals surface area contributed by atoms with E-state index in [4.69, 9.17) is 14.9 Å². The van der Waals surface area contributed by atoms with Crippen LogP contribution in [0, 0.1) is 12.7 Å². The standard InChI is InChI=1S/C14H16FNO2/c1-10-6-12(18-14(10)7-16)9-17-8-11-4-2-3-5-13(11)15/h2-6H,7-9,16H2,1H3. The number of aryl methyl sites for hydroxylation is 1. The largest absolute Gasteiger partial charge is 0.462 e. The van der Waals surface area contributed by atoms with Crippen LogP contribution in [0.1, 0.15) is 22.6 Å². The van der Waals surface area contributed by atoms with Crippen LogP contribution < -0.4 is 5.73 Å². The van der Waals surface area contributed by atoms with Gasteiger partial charge in [-0.05, 0) is 24.6 Å². The molecular weight excluding hydrogens is 233 g/mol. The van der Waals surface area contributed by atoms with Crippen LogP contribution in [0.4, 0.5) is 4.39 Å². The fourth-order valence-corrected chi connectivity index (χ4v) is 1.74. The topological polar surface area (TPSA) is 48.4 Å². The molecule has 0 aliphatic heterocycles. The van der Waals surface area contributed by atoms with Crippen molar-refractivity contribution in [1.82, 2.24) is 0 Å². The molecule has 1 aromatic heterocycles. The predicted molar refractivity (Wildman–Crippen MR) is 66.2 cm³/mol. The van der Waals surface area contributed by atoms with Gasteiger partial charge in [0.1, 0.15) is 23.9 Å². The second-order valence-electron chi connectivity index (χ2n) is 4.11. The molecule has 0 aliphatic carbocycles. The minimum absolute atomic E-state index is 0.227. The Bertz CT molecular complexity index is 522. The van der Waals surface area contributed by atoms with Crippen molar-refractivity contribution in [1.29, 1.82) is 0 Å². The molecule has 0 atom stereocenters. The van der Waals surface area contributed by atoms with E-state index in [-0.39, 0.29) is 12.4 Å². The van der Waals surface area contributed by atoms with Gasteiger partial charge >= 0.3 is 0 Å². The molecule has 0 unspecified atom stereocenters. The third-order valence-corrected chi connectivity index (χ3v) is 2.72. The Morgan fingerprint density at radius 2 is 2.06 bits per heavy atom. The highest BCUT2D eigenvalue weighted by molar-refractivity contribution is 5.19. The van der Waals surface area contributed by atoms with E-state index >= 15 is 0 Å². The second-order valence-corrected chi connectivity index (χ2v) is 4.11. The predicted octanol–water partition coefficient (Wildman–Crippen LogP) is 2.90. The molecule has 3 nitrogen and oxygen atoms in total. The van der Waals surface area contributed by atoms with Crippen molar-refractivity contribution in [3.05, 3.63) is 58.8 Å². The lowest BCUT2D eigenvalue weighted by molar-refractivity contribution is 0.0901. The molecule has 1 heterocycles. The average Bonchev–Trinajstić information content (AvgIpc) is 2.72. The molecule has 0 saturated carbocycles. The average molecular weight is 249 g/mol. The quantitative estimate of drug-likeness (QED) is 0.886. The number of furan rings is 1.